The molecule has 8 heteroatoms. The molecule has 144 valence electrons. The quantitative estimate of drug-likeness (QED) is 0.592. The van der Waals surface area contributed by atoms with Crippen LogP contribution in [0.5, 0.6) is 0 Å². The molecule has 1 heterocycles. The van der Waals surface area contributed by atoms with Gasteiger partial charge in [-0.2, -0.15) is 13.2 Å². The zero-order valence-electron chi connectivity index (χ0n) is 14.7. The van der Waals surface area contributed by atoms with Crippen LogP contribution in [-0.2, 0) is 17.4 Å². The number of halogens is 4. The smallest absolute Gasteiger partial charge is 0.340 e. The first-order valence-corrected chi connectivity index (χ1v) is 8.66. The Bertz CT molecular complexity index is 1000. The zero-order valence-corrected chi connectivity index (χ0v) is 15.5. The van der Waals surface area contributed by atoms with E-state index in [0.29, 0.717) is 22.7 Å². The molecule has 3 rings (SSSR count). The van der Waals surface area contributed by atoms with Crippen molar-refractivity contribution >= 4 is 28.9 Å². The number of aromatic nitrogens is 2. The van der Waals surface area contributed by atoms with Gasteiger partial charge < -0.3 is 5.32 Å². The molecule has 0 saturated carbocycles. The topological polar surface area (TPSA) is 54.9 Å². The molecule has 4 nitrogen and oxygen atoms in total. The number of Topliss-reactive ketones (excluding diaryl/α,β-unsaturated/α-hetero) is 1. The van der Waals surface area contributed by atoms with E-state index in [1.165, 1.54) is 13.0 Å². The van der Waals surface area contributed by atoms with E-state index in [9.17, 15) is 18.0 Å². The Labute approximate surface area is 164 Å². The number of carbonyl (C=O) groups is 1. The van der Waals surface area contributed by atoms with E-state index in [1.54, 1.807) is 42.5 Å². The highest BCUT2D eigenvalue weighted by Crippen LogP contribution is 2.32. The fraction of sp³-hybridized carbons (Fsp3) is 0.150. The maximum absolute atomic E-state index is 13.3. The molecule has 0 unspecified atom stereocenters. The molecule has 0 saturated heterocycles. The molecule has 0 aliphatic heterocycles. The Morgan fingerprint density at radius 2 is 1.79 bits per heavy atom. The van der Waals surface area contributed by atoms with E-state index in [4.69, 9.17) is 11.6 Å². The van der Waals surface area contributed by atoms with Gasteiger partial charge in [-0.15, -0.1) is 0 Å². The normalized spacial score (nSPS) is 11.3. The van der Waals surface area contributed by atoms with Gasteiger partial charge in [-0.25, -0.2) is 9.97 Å². The first-order valence-electron chi connectivity index (χ1n) is 8.28. The molecule has 0 atom stereocenters. The highest BCUT2D eigenvalue weighted by atomic mass is 35.5. The minimum Gasteiger partial charge on any atom is -0.340 e. The first-order chi connectivity index (χ1) is 13.2. The summed E-state index contributed by atoms with van der Waals surface area (Å²) >= 11 is 5.93. The number of anilines is 2. The maximum Gasteiger partial charge on any atom is 0.433 e. The number of alkyl halides is 3. The van der Waals surface area contributed by atoms with Crippen LogP contribution in [0.15, 0.2) is 54.6 Å². The Kier molecular flexibility index (Phi) is 5.65. The number of carbonyl (C=O) groups excluding carboxylic acids is 1. The number of rotatable bonds is 5. The third-order valence-electron chi connectivity index (χ3n) is 3.78. The predicted octanol–water partition coefficient (Wildman–Crippen LogP) is 5.69. The first kappa shape index (κ1) is 19.8. The Morgan fingerprint density at radius 3 is 2.39 bits per heavy atom. The van der Waals surface area contributed by atoms with Crippen molar-refractivity contribution in [2.75, 3.05) is 5.32 Å². The van der Waals surface area contributed by atoms with Gasteiger partial charge in [0.2, 0.25) is 0 Å². The summed E-state index contributed by atoms with van der Waals surface area (Å²) in [6, 6.07) is 14.0. The molecule has 0 bridgehead atoms. The second-order valence-corrected chi connectivity index (χ2v) is 6.61. The minimum absolute atomic E-state index is 0.00313. The van der Waals surface area contributed by atoms with Crippen LogP contribution in [0.25, 0.3) is 11.4 Å². The van der Waals surface area contributed by atoms with Crippen LogP contribution in [0.3, 0.4) is 0 Å². The molecule has 1 aromatic heterocycles. The van der Waals surface area contributed by atoms with Crippen LogP contribution in [0.4, 0.5) is 24.7 Å². The van der Waals surface area contributed by atoms with Gasteiger partial charge in [0.05, 0.1) is 0 Å². The Hall–Kier alpha value is -2.93. The van der Waals surface area contributed by atoms with E-state index >= 15 is 0 Å². The lowest BCUT2D eigenvalue weighted by Gasteiger charge is -2.12. The van der Waals surface area contributed by atoms with Gasteiger partial charge in [-0.1, -0.05) is 35.9 Å². The van der Waals surface area contributed by atoms with Crippen molar-refractivity contribution in [1.82, 2.24) is 9.97 Å². The van der Waals surface area contributed by atoms with Crippen LogP contribution in [0, 0.1) is 0 Å². The highest BCUT2D eigenvalue weighted by Gasteiger charge is 2.34. The largest absolute Gasteiger partial charge is 0.433 e. The van der Waals surface area contributed by atoms with Gasteiger partial charge in [-0.05, 0) is 36.8 Å². The van der Waals surface area contributed by atoms with Gasteiger partial charge in [0.1, 0.15) is 11.6 Å². The second-order valence-electron chi connectivity index (χ2n) is 6.17. The number of hydrogen-bond acceptors (Lipinski definition) is 4. The Balaban J connectivity index is 1.96. The third kappa shape index (κ3) is 5.07. The average Bonchev–Trinajstić information content (AvgIpc) is 2.62. The van der Waals surface area contributed by atoms with E-state index in [1.807, 2.05) is 0 Å². The van der Waals surface area contributed by atoms with Crippen molar-refractivity contribution in [2.45, 2.75) is 19.5 Å². The van der Waals surface area contributed by atoms with Gasteiger partial charge in [0, 0.05) is 28.8 Å². The van der Waals surface area contributed by atoms with E-state index in [0.717, 1.165) is 11.6 Å². The molecule has 0 fully saturated rings. The second kappa shape index (κ2) is 7.98. The number of ketones is 1. The molecule has 0 aliphatic carbocycles. The summed E-state index contributed by atoms with van der Waals surface area (Å²) in [4.78, 5) is 19.0. The highest BCUT2D eigenvalue weighted by molar-refractivity contribution is 6.30. The number of nitrogens with one attached hydrogen (secondary N) is 1. The minimum atomic E-state index is -4.63. The van der Waals surface area contributed by atoms with Gasteiger partial charge in [0.15, 0.2) is 11.5 Å². The summed E-state index contributed by atoms with van der Waals surface area (Å²) in [6.45, 7) is 1.49. The predicted molar refractivity (Wildman–Crippen MR) is 102 cm³/mol. The third-order valence-corrected chi connectivity index (χ3v) is 4.01. The monoisotopic (exact) mass is 405 g/mol. The van der Waals surface area contributed by atoms with Gasteiger partial charge in [-0.3, -0.25) is 4.79 Å². The van der Waals surface area contributed by atoms with E-state index in [2.05, 4.69) is 15.3 Å². The van der Waals surface area contributed by atoms with Crippen molar-refractivity contribution in [2.24, 2.45) is 0 Å². The molecular formula is C20H15ClF3N3O. The summed E-state index contributed by atoms with van der Waals surface area (Å²) in [5, 5.41) is 3.22. The molecule has 2 aromatic carbocycles. The number of hydrogen-bond donors (Lipinski definition) is 1. The molecule has 0 spiro atoms. The average molecular weight is 406 g/mol. The Morgan fingerprint density at radius 1 is 1.07 bits per heavy atom. The van der Waals surface area contributed by atoms with Crippen LogP contribution in [-0.4, -0.2) is 15.8 Å². The summed E-state index contributed by atoms with van der Waals surface area (Å²) in [6.07, 6.45) is -4.33. The lowest BCUT2D eigenvalue weighted by molar-refractivity contribution is -0.141. The van der Waals surface area contributed by atoms with Crippen molar-refractivity contribution in [3.05, 3.63) is 70.9 Å². The fourth-order valence-corrected chi connectivity index (χ4v) is 2.74. The summed E-state index contributed by atoms with van der Waals surface area (Å²) in [5.74, 6) is -0.0675. The van der Waals surface area contributed by atoms with Crippen molar-refractivity contribution in [1.29, 1.82) is 0 Å². The molecule has 3 aromatic rings. The van der Waals surface area contributed by atoms with Crippen molar-refractivity contribution < 1.29 is 18.0 Å². The molecule has 28 heavy (non-hydrogen) atoms. The maximum atomic E-state index is 13.3. The van der Waals surface area contributed by atoms with Gasteiger partial charge in [0.25, 0.3) is 0 Å². The molecule has 0 aliphatic rings. The van der Waals surface area contributed by atoms with Crippen LogP contribution in [0.1, 0.15) is 18.2 Å². The van der Waals surface area contributed by atoms with E-state index < -0.39 is 11.9 Å². The molecule has 0 radical (unpaired) electrons. The van der Waals surface area contributed by atoms with Crippen LogP contribution in [0.2, 0.25) is 5.02 Å². The SMILES string of the molecule is CC(=O)Cc1ccc(Nc2cc(C(F)(F)F)nc(-c3cccc(Cl)c3)n2)cc1. The fourth-order valence-electron chi connectivity index (χ4n) is 2.55. The van der Waals surface area contributed by atoms with E-state index in [-0.39, 0.29) is 17.4 Å². The molecule has 1 N–H and O–H groups in total. The molecular weight excluding hydrogens is 391 g/mol. The van der Waals surface area contributed by atoms with Crippen LogP contribution < -0.4 is 5.32 Å². The summed E-state index contributed by atoms with van der Waals surface area (Å²) in [7, 11) is 0. The van der Waals surface area contributed by atoms with Crippen molar-refractivity contribution in [3.8, 4) is 11.4 Å². The molecule has 0 amide bonds. The zero-order chi connectivity index (χ0) is 20.3. The summed E-state index contributed by atoms with van der Waals surface area (Å²) in [5.41, 5.74) is 0.666. The number of benzene rings is 2. The number of nitrogens with zero attached hydrogens (tertiary/aromatic N) is 2. The van der Waals surface area contributed by atoms with Gasteiger partial charge >= 0.3 is 6.18 Å². The standard InChI is InChI=1S/C20H15ClF3N3O/c1-12(28)9-13-5-7-16(8-6-13)25-18-11-17(20(22,23)24)26-19(27-18)14-3-2-4-15(21)10-14/h2-8,10-11H,9H2,1H3,(H,25,26,27). The summed E-state index contributed by atoms with van der Waals surface area (Å²) < 4.78 is 39.8. The van der Waals surface area contributed by atoms with Crippen LogP contribution >= 0.6 is 11.6 Å². The lowest BCUT2D eigenvalue weighted by atomic mass is 10.1. The van der Waals surface area contributed by atoms with Crippen molar-refractivity contribution in [3.63, 3.8) is 0 Å². The lowest BCUT2D eigenvalue weighted by Crippen LogP contribution is -2.11.